The molecule has 0 saturated carbocycles. The Bertz CT molecular complexity index is 597. The molecule has 0 amide bonds. The molecule has 1 unspecified atom stereocenters. The fourth-order valence-electron chi connectivity index (χ4n) is 1.90. The molecule has 2 rings (SSSR count). The molecule has 1 atom stereocenters. The summed E-state index contributed by atoms with van der Waals surface area (Å²) in [6, 6.07) is 8.43. The lowest BCUT2D eigenvalue weighted by Gasteiger charge is -2.14. The van der Waals surface area contributed by atoms with E-state index in [9.17, 15) is 13.9 Å². The van der Waals surface area contributed by atoms with Crippen molar-refractivity contribution < 1.29 is 18.6 Å². The van der Waals surface area contributed by atoms with E-state index in [1.54, 1.807) is 13.0 Å². The number of benzene rings is 2. The van der Waals surface area contributed by atoms with Crippen molar-refractivity contribution >= 4 is 0 Å². The summed E-state index contributed by atoms with van der Waals surface area (Å²) in [5.74, 6) is -0.848. The van der Waals surface area contributed by atoms with Crippen LogP contribution in [-0.4, -0.2) is 12.2 Å². The van der Waals surface area contributed by atoms with Crippen molar-refractivity contribution in [2.75, 3.05) is 7.11 Å². The Kier molecular flexibility index (Phi) is 3.81. The van der Waals surface area contributed by atoms with Gasteiger partial charge in [0.05, 0.1) is 7.11 Å². The molecule has 2 aromatic carbocycles. The average molecular weight is 264 g/mol. The molecule has 0 aliphatic heterocycles. The Morgan fingerprint density at radius 3 is 2.37 bits per heavy atom. The molecule has 0 heterocycles. The highest BCUT2D eigenvalue weighted by molar-refractivity contribution is 5.37. The first-order valence-corrected chi connectivity index (χ1v) is 5.80. The van der Waals surface area contributed by atoms with Crippen molar-refractivity contribution in [1.29, 1.82) is 0 Å². The van der Waals surface area contributed by atoms with E-state index < -0.39 is 17.7 Å². The van der Waals surface area contributed by atoms with Gasteiger partial charge in [-0.25, -0.2) is 8.78 Å². The predicted octanol–water partition coefficient (Wildman–Crippen LogP) is 3.36. The quantitative estimate of drug-likeness (QED) is 0.921. The fraction of sp³-hybridized carbons (Fsp3) is 0.200. The molecular formula is C15H14F2O2. The number of aliphatic hydroxyl groups excluding tert-OH is 1. The zero-order valence-corrected chi connectivity index (χ0v) is 10.7. The first-order valence-electron chi connectivity index (χ1n) is 5.80. The van der Waals surface area contributed by atoms with Crippen LogP contribution >= 0.6 is 0 Å². The van der Waals surface area contributed by atoms with Gasteiger partial charge in [-0.1, -0.05) is 17.7 Å². The zero-order chi connectivity index (χ0) is 14.0. The van der Waals surface area contributed by atoms with Gasteiger partial charge in [-0.15, -0.1) is 0 Å². The van der Waals surface area contributed by atoms with E-state index in [0.29, 0.717) is 5.75 Å². The van der Waals surface area contributed by atoms with Crippen LogP contribution in [0, 0.1) is 18.6 Å². The fourth-order valence-corrected chi connectivity index (χ4v) is 1.90. The number of halogens is 2. The van der Waals surface area contributed by atoms with Crippen LogP contribution in [0.25, 0.3) is 0 Å². The van der Waals surface area contributed by atoms with Gasteiger partial charge < -0.3 is 9.84 Å². The minimum absolute atomic E-state index is 0.0188. The monoisotopic (exact) mass is 264 g/mol. The summed E-state index contributed by atoms with van der Waals surface area (Å²) < 4.78 is 32.4. The third-order valence-electron chi connectivity index (χ3n) is 2.95. The van der Waals surface area contributed by atoms with Crippen LogP contribution in [0.3, 0.4) is 0 Å². The first kappa shape index (κ1) is 13.5. The Morgan fingerprint density at radius 2 is 1.74 bits per heavy atom. The molecule has 0 aliphatic carbocycles. The SMILES string of the molecule is COc1ccc(C(O)c2cc(C)ccc2F)c(F)c1. The maximum Gasteiger partial charge on any atom is 0.133 e. The molecule has 0 spiro atoms. The summed E-state index contributed by atoms with van der Waals surface area (Å²) in [5.41, 5.74) is 0.874. The molecule has 0 aliphatic rings. The van der Waals surface area contributed by atoms with Gasteiger partial charge >= 0.3 is 0 Å². The normalized spacial score (nSPS) is 12.3. The second-order valence-corrected chi connectivity index (χ2v) is 4.31. The van der Waals surface area contributed by atoms with Crippen LogP contribution in [0.15, 0.2) is 36.4 Å². The number of ether oxygens (including phenoxy) is 1. The van der Waals surface area contributed by atoms with Crippen molar-refractivity contribution in [3.05, 3.63) is 64.7 Å². The largest absolute Gasteiger partial charge is 0.497 e. The van der Waals surface area contributed by atoms with Gasteiger partial charge in [0.25, 0.3) is 0 Å². The third kappa shape index (κ3) is 2.74. The summed E-state index contributed by atoms with van der Waals surface area (Å²) in [6.45, 7) is 1.78. The Morgan fingerprint density at radius 1 is 1.00 bits per heavy atom. The van der Waals surface area contributed by atoms with Crippen molar-refractivity contribution in [3.63, 3.8) is 0 Å². The number of aliphatic hydroxyl groups is 1. The highest BCUT2D eigenvalue weighted by Crippen LogP contribution is 2.28. The lowest BCUT2D eigenvalue weighted by atomic mass is 9.99. The average Bonchev–Trinajstić information content (AvgIpc) is 2.40. The van der Waals surface area contributed by atoms with Crippen LogP contribution in [0.4, 0.5) is 8.78 Å². The van der Waals surface area contributed by atoms with E-state index in [2.05, 4.69) is 0 Å². The van der Waals surface area contributed by atoms with E-state index in [1.165, 1.54) is 31.4 Å². The molecular weight excluding hydrogens is 250 g/mol. The standard InChI is InChI=1S/C15H14F2O2/c1-9-3-6-13(16)12(7-9)15(18)11-5-4-10(19-2)8-14(11)17/h3-8,15,18H,1-2H3. The van der Waals surface area contributed by atoms with Crippen LogP contribution in [0.2, 0.25) is 0 Å². The van der Waals surface area contributed by atoms with Crippen LogP contribution in [-0.2, 0) is 0 Å². The van der Waals surface area contributed by atoms with Gasteiger partial charge in [-0.2, -0.15) is 0 Å². The molecule has 0 bridgehead atoms. The highest BCUT2D eigenvalue weighted by atomic mass is 19.1. The third-order valence-corrected chi connectivity index (χ3v) is 2.95. The number of rotatable bonds is 3. The summed E-state index contributed by atoms with van der Waals surface area (Å²) >= 11 is 0. The minimum atomic E-state index is -1.34. The van der Waals surface area contributed by atoms with Crippen LogP contribution in [0.1, 0.15) is 22.8 Å². The van der Waals surface area contributed by atoms with Crippen LogP contribution in [0.5, 0.6) is 5.75 Å². The zero-order valence-electron chi connectivity index (χ0n) is 10.7. The first-order chi connectivity index (χ1) is 9.02. The van der Waals surface area contributed by atoms with Crippen molar-refractivity contribution in [3.8, 4) is 5.75 Å². The molecule has 0 radical (unpaired) electrons. The predicted molar refractivity (Wildman–Crippen MR) is 68.2 cm³/mol. The van der Waals surface area contributed by atoms with Crippen molar-refractivity contribution in [2.45, 2.75) is 13.0 Å². The topological polar surface area (TPSA) is 29.5 Å². The van der Waals surface area contributed by atoms with E-state index in [0.717, 1.165) is 11.6 Å². The molecule has 100 valence electrons. The Balaban J connectivity index is 2.43. The molecule has 2 nitrogen and oxygen atoms in total. The molecule has 0 aromatic heterocycles. The lowest BCUT2D eigenvalue weighted by molar-refractivity contribution is 0.209. The van der Waals surface area contributed by atoms with E-state index >= 15 is 0 Å². The van der Waals surface area contributed by atoms with E-state index in [-0.39, 0.29) is 11.1 Å². The van der Waals surface area contributed by atoms with Crippen molar-refractivity contribution in [1.82, 2.24) is 0 Å². The molecule has 4 heteroatoms. The smallest absolute Gasteiger partial charge is 0.133 e. The second kappa shape index (κ2) is 5.36. The number of methoxy groups -OCH3 is 1. The highest BCUT2D eigenvalue weighted by Gasteiger charge is 2.19. The maximum atomic E-state index is 13.8. The molecule has 19 heavy (non-hydrogen) atoms. The molecule has 0 fully saturated rings. The molecule has 0 saturated heterocycles. The lowest BCUT2D eigenvalue weighted by Crippen LogP contribution is -2.05. The number of aryl methyl sites for hydroxylation is 1. The second-order valence-electron chi connectivity index (χ2n) is 4.31. The Labute approximate surface area is 110 Å². The number of hydrogen-bond acceptors (Lipinski definition) is 2. The van der Waals surface area contributed by atoms with Gasteiger partial charge in [0.2, 0.25) is 0 Å². The summed E-state index contributed by atoms with van der Waals surface area (Å²) in [7, 11) is 1.42. The van der Waals surface area contributed by atoms with E-state index in [4.69, 9.17) is 4.74 Å². The molecule has 1 N–H and O–H groups in total. The summed E-state index contributed by atoms with van der Waals surface area (Å²) in [5, 5.41) is 10.1. The van der Waals surface area contributed by atoms with Gasteiger partial charge in [0.15, 0.2) is 0 Å². The Hall–Kier alpha value is -1.94. The van der Waals surface area contributed by atoms with Gasteiger partial charge in [0, 0.05) is 17.2 Å². The maximum absolute atomic E-state index is 13.8. The van der Waals surface area contributed by atoms with Gasteiger partial charge in [-0.05, 0) is 25.1 Å². The van der Waals surface area contributed by atoms with Crippen LogP contribution < -0.4 is 4.74 Å². The number of hydrogen-bond donors (Lipinski definition) is 1. The van der Waals surface area contributed by atoms with Gasteiger partial charge in [-0.3, -0.25) is 0 Å². The molecule has 2 aromatic rings. The van der Waals surface area contributed by atoms with E-state index in [1.807, 2.05) is 0 Å². The van der Waals surface area contributed by atoms with Crippen molar-refractivity contribution in [2.24, 2.45) is 0 Å². The van der Waals surface area contributed by atoms with Gasteiger partial charge in [0.1, 0.15) is 23.5 Å². The minimum Gasteiger partial charge on any atom is -0.497 e. The summed E-state index contributed by atoms with van der Waals surface area (Å²) in [4.78, 5) is 0. The summed E-state index contributed by atoms with van der Waals surface area (Å²) in [6.07, 6.45) is -1.34.